The highest BCUT2D eigenvalue weighted by molar-refractivity contribution is 6.06. The monoisotopic (exact) mass is 261 g/mol. The number of carbonyl (C=O) groups excluding carboxylic acids is 1. The highest BCUT2D eigenvalue weighted by Crippen LogP contribution is 2.22. The molecule has 2 aromatic rings. The van der Waals surface area contributed by atoms with Crippen molar-refractivity contribution in [2.45, 2.75) is 0 Å². The van der Waals surface area contributed by atoms with Crippen molar-refractivity contribution in [3.8, 4) is 11.5 Å². The molecule has 0 fully saturated rings. The number of phenols is 1. The zero-order valence-corrected chi connectivity index (χ0v) is 10.2. The van der Waals surface area contributed by atoms with Gasteiger partial charge in [-0.25, -0.2) is 4.39 Å². The van der Waals surface area contributed by atoms with E-state index < -0.39 is 11.7 Å². The first-order valence-corrected chi connectivity index (χ1v) is 5.54. The van der Waals surface area contributed by atoms with E-state index in [0.29, 0.717) is 5.69 Å². The number of halogens is 1. The highest BCUT2D eigenvalue weighted by Gasteiger charge is 2.13. The van der Waals surface area contributed by atoms with E-state index in [1.807, 2.05) is 0 Å². The van der Waals surface area contributed by atoms with Crippen LogP contribution in [0.5, 0.6) is 11.5 Å². The Hall–Kier alpha value is -2.56. The molecule has 19 heavy (non-hydrogen) atoms. The normalized spacial score (nSPS) is 10.0. The molecule has 98 valence electrons. The van der Waals surface area contributed by atoms with Crippen molar-refractivity contribution in [1.82, 2.24) is 0 Å². The zero-order chi connectivity index (χ0) is 13.8. The van der Waals surface area contributed by atoms with Crippen LogP contribution < -0.4 is 10.1 Å². The molecule has 2 aromatic carbocycles. The Morgan fingerprint density at radius 3 is 2.74 bits per heavy atom. The standard InChI is InChI=1S/C14H12FNO3/c1-19-13-6-5-9(15)7-12(13)14(18)16-10-3-2-4-11(17)8-10/h2-8,17H,1H3,(H,16,18). The van der Waals surface area contributed by atoms with Crippen molar-refractivity contribution in [2.24, 2.45) is 0 Å². The van der Waals surface area contributed by atoms with E-state index in [4.69, 9.17) is 4.74 Å². The lowest BCUT2D eigenvalue weighted by molar-refractivity contribution is 0.102. The predicted octanol–water partition coefficient (Wildman–Crippen LogP) is 2.79. The van der Waals surface area contributed by atoms with Crippen LogP contribution in [0.4, 0.5) is 10.1 Å². The van der Waals surface area contributed by atoms with Crippen LogP contribution in [-0.4, -0.2) is 18.1 Å². The van der Waals surface area contributed by atoms with Crippen LogP contribution in [0.1, 0.15) is 10.4 Å². The summed E-state index contributed by atoms with van der Waals surface area (Å²) < 4.78 is 18.2. The smallest absolute Gasteiger partial charge is 0.259 e. The van der Waals surface area contributed by atoms with E-state index in [1.54, 1.807) is 12.1 Å². The molecule has 0 radical (unpaired) electrons. The number of phenolic OH excluding ortho intramolecular Hbond substituents is 1. The second kappa shape index (κ2) is 5.39. The maximum absolute atomic E-state index is 13.2. The molecule has 0 spiro atoms. The van der Waals surface area contributed by atoms with Gasteiger partial charge in [0, 0.05) is 11.8 Å². The van der Waals surface area contributed by atoms with Gasteiger partial charge in [0.2, 0.25) is 0 Å². The Morgan fingerprint density at radius 2 is 2.05 bits per heavy atom. The van der Waals surface area contributed by atoms with Crippen molar-refractivity contribution >= 4 is 11.6 Å². The van der Waals surface area contributed by atoms with Gasteiger partial charge in [0.25, 0.3) is 5.91 Å². The molecule has 2 N–H and O–H groups in total. The summed E-state index contributed by atoms with van der Waals surface area (Å²) in [6, 6.07) is 9.77. The zero-order valence-electron chi connectivity index (χ0n) is 10.2. The van der Waals surface area contributed by atoms with Gasteiger partial charge in [-0.2, -0.15) is 0 Å². The minimum absolute atomic E-state index is 0.0315. The lowest BCUT2D eigenvalue weighted by Gasteiger charge is -2.09. The van der Waals surface area contributed by atoms with Crippen LogP contribution in [0, 0.1) is 5.82 Å². The van der Waals surface area contributed by atoms with Crippen molar-refractivity contribution in [3.05, 3.63) is 53.8 Å². The minimum Gasteiger partial charge on any atom is -0.508 e. The maximum Gasteiger partial charge on any atom is 0.259 e. The molecule has 5 heteroatoms. The number of hydrogen-bond acceptors (Lipinski definition) is 3. The second-order valence-electron chi connectivity index (χ2n) is 3.85. The number of hydrogen-bond donors (Lipinski definition) is 2. The fourth-order valence-electron chi connectivity index (χ4n) is 1.64. The average Bonchev–Trinajstić information content (AvgIpc) is 2.38. The third-order valence-corrected chi connectivity index (χ3v) is 2.51. The summed E-state index contributed by atoms with van der Waals surface area (Å²) in [5, 5.41) is 11.9. The number of aromatic hydroxyl groups is 1. The van der Waals surface area contributed by atoms with Gasteiger partial charge in [-0.1, -0.05) is 6.07 Å². The van der Waals surface area contributed by atoms with E-state index in [2.05, 4.69) is 5.32 Å². The van der Waals surface area contributed by atoms with Crippen molar-refractivity contribution in [1.29, 1.82) is 0 Å². The van der Waals surface area contributed by atoms with Gasteiger partial charge in [-0.05, 0) is 30.3 Å². The van der Waals surface area contributed by atoms with Gasteiger partial charge < -0.3 is 15.2 Å². The SMILES string of the molecule is COc1ccc(F)cc1C(=O)Nc1cccc(O)c1. The van der Waals surface area contributed by atoms with Gasteiger partial charge in [0.05, 0.1) is 12.7 Å². The number of amides is 1. The Morgan fingerprint density at radius 1 is 1.26 bits per heavy atom. The molecule has 0 bridgehead atoms. The number of nitrogens with one attached hydrogen (secondary N) is 1. The van der Waals surface area contributed by atoms with E-state index in [1.165, 1.54) is 31.4 Å². The summed E-state index contributed by atoms with van der Waals surface area (Å²) in [6.07, 6.45) is 0. The molecular weight excluding hydrogens is 249 g/mol. The molecule has 0 aliphatic carbocycles. The molecule has 1 amide bonds. The quantitative estimate of drug-likeness (QED) is 0.893. The van der Waals surface area contributed by atoms with Crippen LogP contribution >= 0.6 is 0 Å². The molecule has 0 saturated heterocycles. The second-order valence-corrected chi connectivity index (χ2v) is 3.85. The Balaban J connectivity index is 2.27. The molecular formula is C14H12FNO3. The molecule has 0 saturated carbocycles. The summed E-state index contributed by atoms with van der Waals surface area (Å²) in [5.41, 5.74) is 0.502. The summed E-state index contributed by atoms with van der Waals surface area (Å²) >= 11 is 0. The third kappa shape index (κ3) is 3.01. The lowest BCUT2D eigenvalue weighted by atomic mass is 10.1. The first-order chi connectivity index (χ1) is 9.10. The van der Waals surface area contributed by atoms with Crippen molar-refractivity contribution < 1.29 is 19.0 Å². The number of rotatable bonds is 3. The maximum atomic E-state index is 13.2. The van der Waals surface area contributed by atoms with E-state index in [0.717, 1.165) is 6.07 Å². The minimum atomic E-state index is -0.526. The topological polar surface area (TPSA) is 58.6 Å². The van der Waals surface area contributed by atoms with Crippen LogP contribution in [0.25, 0.3) is 0 Å². The van der Waals surface area contributed by atoms with E-state index in [9.17, 15) is 14.3 Å². The van der Waals surface area contributed by atoms with Gasteiger partial charge in [0.1, 0.15) is 17.3 Å². The Bertz CT molecular complexity index is 613. The summed E-state index contributed by atoms with van der Waals surface area (Å²) in [5.74, 6) is -0.730. The van der Waals surface area contributed by atoms with Gasteiger partial charge in [-0.3, -0.25) is 4.79 Å². The number of benzene rings is 2. The number of methoxy groups -OCH3 is 1. The Kier molecular flexibility index (Phi) is 3.66. The number of ether oxygens (including phenoxy) is 1. The molecule has 0 aromatic heterocycles. The molecule has 0 aliphatic heterocycles. The summed E-state index contributed by atoms with van der Waals surface area (Å²) in [6.45, 7) is 0. The predicted molar refractivity (Wildman–Crippen MR) is 69.0 cm³/mol. The molecule has 0 heterocycles. The van der Waals surface area contributed by atoms with E-state index in [-0.39, 0.29) is 17.1 Å². The van der Waals surface area contributed by atoms with Gasteiger partial charge >= 0.3 is 0 Å². The molecule has 0 atom stereocenters. The first-order valence-electron chi connectivity index (χ1n) is 5.54. The van der Waals surface area contributed by atoms with Crippen molar-refractivity contribution in [2.75, 3.05) is 12.4 Å². The summed E-state index contributed by atoms with van der Waals surface area (Å²) in [4.78, 5) is 12.0. The van der Waals surface area contributed by atoms with Crippen LogP contribution in [-0.2, 0) is 0 Å². The first kappa shape index (κ1) is 12.9. The fraction of sp³-hybridized carbons (Fsp3) is 0.0714. The van der Waals surface area contributed by atoms with Gasteiger partial charge in [0.15, 0.2) is 0 Å². The summed E-state index contributed by atoms with van der Waals surface area (Å²) in [7, 11) is 1.40. The number of anilines is 1. The molecule has 0 unspecified atom stereocenters. The van der Waals surface area contributed by atoms with Crippen LogP contribution in [0.3, 0.4) is 0 Å². The highest BCUT2D eigenvalue weighted by atomic mass is 19.1. The fourth-order valence-corrected chi connectivity index (χ4v) is 1.64. The molecule has 2 rings (SSSR count). The van der Waals surface area contributed by atoms with Crippen LogP contribution in [0.15, 0.2) is 42.5 Å². The van der Waals surface area contributed by atoms with Crippen molar-refractivity contribution in [3.63, 3.8) is 0 Å². The lowest BCUT2D eigenvalue weighted by Crippen LogP contribution is -2.13. The molecule has 0 aliphatic rings. The average molecular weight is 261 g/mol. The Labute approximate surface area is 109 Å². The van der Waals surface area contributed by atoms with E-state index >= 15 is 0 Å². The third-order valence-electron chi connectivity index (χ3n) is 2.51. The largest absolute Gasteiger partial charge is 0.508 e. The molecule has 4 nitrogen and oxygen atoms in total. The van der Waals surface area contributed by atoms with Gasteiger partial charge in [-0.15, -0.1) is 0 Å². The number of carbonyl (C=O) groups is 1. The van der Waals surface area contributed by atoms with Crippen LogP contribution in [0.2, 0.25) is 0 Å².